The number of hydrogen-bond acceptors (Lipinski definition) is 2. The minimum atomic E-state index is 0.274. The van der Waals surface area contributed by atoms with Crippen molar-refractivity contribution in [3.05, 3.63) is 47.8 Å². The Kier molecular flexibility index (Phi) is 1.59. The summed E-state index contributed by atoms with van der Waals surface area (Å²) < 4.78 is 0. The zero-order chi connectivity index (χ0) is 8.39. The Morgan fingerprint density at radius 3 is 2.92 bits per heavy atom. The average Bonchev–Trinajstić information content (AvgIpc) is 2.29. The van der Waals surface area contributed by atoms with Gasteiger partial charge >= 0.3 is 0 Å². The van der Waals surface area contributed by atoms with Gasteiger partial charge < -0.3 is 10.4 Å². The molecule has 60 valence electrons. The van der Waals surface area contributed by atoms with Crippen LogP contribution < -0.4 is 5.32 Å². The van der Waals surface area contributed by atoms with Crippen LogP contribution in [0.15, 0.2) is 36.7 Å². The van der Waals surface area contributed by atoms with Crippen molar-refractivity contribution in [3.8, 4) is 0 Å². The summed E-state index contributed by atoms with van der Waals surface area (Å²) in [4.78, 5) is 0. The monoisotopic (exact) mass is 159 g/mol. The maximum atomic E-state index is 9.50. The molecule has 0 bridgehead atoms. The number of rotatable bonds is 0. The highest BCUT2D eigenvalue weighted by molar-refractivity contribution is 5.71. The van der Waals surface area contributed by atoms with Gasteiger partial charge in [-0.05, 0) is 11.6 Å². The van der Waals surface area contributed by atoms with E-state index < -0.39 is 0 Å². The molecule has 2 nitrogen and oxygen atoms in total. The Morgan fingerprint density at radius 1 is 1.17 bits per heavy atom. The molecular formula is C10H9NO. The number of aliphatic hydroxyl groups excluding tert-OH is 1. The lowest BCUT2D eigenvalue weighted by Crippen LogP contribution is -1.91. The topological polar surface area (TPSA) is 32.3 Å². The first-order chi connectivity index (χ1) is 5.88. The van der Waals surface area contributed by atoms with Crippen molar-refractivity contribution in [2.45, 2.75) is 0 Å². The van der Waals surface area contributed by atoms with E-state index in [0.717, 1.165) is 11.1 Å². The van der Waals surface area contributed by atoms with E-state index in [1.165, 1.54) is 0 Å². The Labute approximate surface area is 70.9 Å². The molecule has 12 heavy (non-hydrogen) atoms. The van der Waals surface area contributed by atoms with Crippen LogP contribution in [0, 0.1) is 0 Å². The second kappa shape index (κ2) is 2.74. The molecule has 2 heteroatoms. The fraction of sp³-hybridized carbons (Fsp3) is 0. The van der Waals surface area contributed by atoms with E-state index in [-0.39, 0.29) is 5.76 Å². The van der Waals surface area contributed by atoms with E-state index in [1.807, 2.05) is 30.3 Å². The van der Waals surface area contributed by atoms with Crippen molar-refractivity contribution in [2.24, 2.45) is 0 Å². The molecule has 1 aliphatic heterocycles. The molecule has 2 rings (SSSR count). The highest BCUT2D eigenvalue weighted by Crippen LogP contribution is 2.18. The maximum absolute atomic E-state index is 9.50. The van der Waals surface area contributed by atoms with Crippen molar-refractivity contribution in [1.29, 1.82) is 0 Å². The van der Waals surface area contributed by atoms with Crippen LogP contribution in [0.1, 0.15) is 11.1 Å². The van der Waals surface area contributed by atoms with Gasteiger partial charge in [0.05, 0.1) is 0 Å². The second-order valence-electron chi connectivity index (χ2n) is 2.62. The number of nitrogens with one attached hydrogen (secondary N) is 1. The molecule has 2 N–H and O–H groups in total. The molecular weight excluding hydrogens is 150 g/mol. The third-order valence-electron chi connectivity index (χ3n) is 1.82. The first-order valence-electron chi connectivity index (χ1n) is 3.79. The number of fused-ring (bicyclic) bond motifs is 1. The first-order valence-corrected chi connectivity index (χ1v) is 3.79. The molecule has 0 aliphatic carbocycles. The predicted octanol–water partition coefficient (Wildman–Crippen LogP) is 2.12. The van der Waals surface area contributed by atoms with E-state index in [1.54, 1.807) is 12.4 Å². The lowest BCUT2D eigenvalue weighted by molar-refractivity contribution is 0.509. The van der Waals surface area contributed by atoms with E-state index >= 15 is 0 Å². The molecule has 0 radical (unpaired) electrons. The van der Waals surface area contributed by atoms with Crippen molar-refractivity contribution in [2.75, 3.05) is 0 Å². The van der Waals surface area contributed by atoms with Crippen molar-refractivity contribution in [1.82, 2.24) is 5.32 Å². The van der Waals surface area contributed by atoms with Gasteiger partial charge in [-0.1, -0.05) is 24.3 Å². The van der Waals surface area contributed by atoms with Crippen LogP contribution in [0.4, 0.5) is 0 Å². The van der Waals surface area contributed by atoms with Crippen LogP contribution in [0.3, 0.4) is 0 Å². The normalized spacial score (nSPS) is 14.2. The van der Waals surface area contributed by atoms with Crippen LogP contribution in [0.5, 0.6) is 0 Å². The molecule has 0 saturated carbocycles. The predicted molar refractivity (Wildman–Crippen MR) is 49.2 cm³/mol. The van der Waals surface area contributed by atoms with Gasteiger partial charge in [0.1, 0.15) is 5.76 Å². The third kappa shape index (κ3) is 1.07. The highest BCUT2D eigenvalue weighted by atomic mass is 16.3. The SMILES string of the molecule is OC1=CNC=Cc2ccccc21. The summed E-state index contributed by atoms with van der Waals surface area (Å²) in [7, 11) is 0. The van der Waals surface area contributed by atoms with Gasteiger partial charge in [-0.25, -0.2) is 0 Å². The van der Waals surface area contributed by atoms with Gasteiger partial charge in [-0.3, -0.25) is 0 Å². The van der Waals surface area contributed by atoms with Crippen molar-refractivity contribution < 1.29 is 5.11 Å². The van der Waals surface area contributed by atoms with Crippen LogP contribution in [0.2, 0.25) is 0 Å². The molecule has 1 aromatic carbocycles. The largest absolute Gasteiger partial charge is 0.506 e. The van der Waals surface area contributed by atoms with E-state index in [4.69, 9.17) is 0 Å². The molecule has 0 atom stereocenters. The van der Waals surface area contributed by atoms with Crippen molar-refractivity contribution >= 4 is 11.8 Å². The van der Waals surface area contributed by atoms with Crippen molar-refractivity contribution in [3.63, 3.8) is 0 Å². The maximum Gasteiger partial charge on any atom is 0.139 e. The van der Waals surface area contributed by atoms with Gasteiger partial charge in [-0.2, -0.15) is 0 Å². The lowest BCUT2D eigenvalue weighted by atomic mass is 10.1. The van der Waals surface area contributed by atoms with Gasteiger partial charge in [-0.15, -0.1) is 0 Å². The van der Waals surface area contributed by atoms with Crippen LogP contribution >= 0.6 is 0 Å². The smallest absolute Gasteiger partial charge is 0.139 e. The van der Waals surface area contributed by atoms with Crippen LogP contribution in [-0.4, -0.2) is 5.11 Å². The molecule has 0 amide bonds. The van der Waals surface area contributed by atoms with E-state index in [0.29, 0.717) is 0 Å². The Hall–Kier alpha value is -1.70. The van der Waals surface area contributed by atoms with Crippen LogP contribution in [0.25, 0.3) is 11.8 Å². The van der Waals surface area contributed by atoms with E-state index in [9.17, 15) is 5.11 Å². The van der Waals surface area contributed by atoms with E-state index in [2.05, 4.69) is 5.32 Å². The zero-order valence-electron chi connectivity index (χ0n) is 6.49. The Balaban J connectivity index is 2.62. The second-order valence-corrected chi connectivity index (χ2v) is 2.62. The minimum Gasteiger partial charge on any atom is -0.506 e. The summed E-state index contributed by atoms with van der Waals surface area (Å²) in [5.74, 6) is 0.274. The standard InChI is InChI=1S/C10H9NO/c12-10-7-11-6-5-8-3-1-2-4-9(8)10/h1-7,11-12H. The lowest BCUT2D eigenvalue weighted by Gasteiger charge is -2.01. The van der Waals surface area contributed by atoms with Gasteiger partial charge in [0.15, 0.2) is 0 Å². The quantitative estimate of drug-likeness (QED) is 0.607. The molecule has 0 aromatic heterocycles. The summed E-state index contributed by atoms with van der Waals surface area (Å²) >= 11 is 0. The molecule has 1 heterocycles. The average molecular weight is 159 g/mol. The number of hydrogen-bond donors (Lipinski definition) is 2. The summed E-state index contributed by atoms with van der Waals surface area (Å²) in [6.07, 6.45) is 5.29. The molecule has 0 fully saturated rings. The Morgan fingerprint density at radius 2 is 2.00 bits per heavy atom. The summed E-state index contributed by atoms with van der Waals surface area (Å²) in [5.41, 5.74) is 1.88. The van der Waals surface area contributed by atoms with Gasteiger partial charge in [0, 0.05) is 18.0 Å². The Bertz CT molecular complexity index is 353. The molecule has 1 aliphatic rings. The van der Waals surface area contributed by atoms with Crippen LogP contribution in [-0.2, 0) is 0 Å². The zero-order valence-corrected chi connectivity index (χ0v) is 6.49. The number of aliphatic hydroxyl groups is 1. The summed E-state index contributed by atoms with van der Waals surface area (Å²) in [6, 6.07) is 7.70. The van der Waals surface area contributed by atoms with Gasteiger partial charge in [0.25, 0.3) is 0 Å². The first kappa shape index (κ1) is 6.98. The third-order valence-corrected chi connectivity index (χ3v) is 1.82. The minimum absolute atomic E-state index is 0.274. The molecule has 1 aromatic rings. The summed E-state index contributed by atoms with van der Waals surface area (Å²) in [5, 5.41) is 12.4. The molecule has 0 unspecified atom stereocenters. The number of benzene rings is 1. The molecule has 0 saturated heterocycles. The molecule has 0 spiro atoms. The fourth-order valence-corrected chi connectivity index (χ4v) is 1.22. The summed E-state index contributed by atoms with van der Waals surface area (Å²) in [6.45, 7) is 0. The fourth-order valence-electron chi connectivity index (χ4n) is 1.22. The van der Waals surface area contributed by atoms with Gasteiger partial charge in [0.2, 0.25) is 0 Å². The highest BCUT2D eigenvalue weighted by Gasteiger charge is 2.04.